The largest absolute Gasteiger partial charge is 0.388 e. The summed E-state index contributed by atoms with van der Waals surface area (Å²) < 4.78 is 13.0. The highest BCUT2D eigenvalue weighted by Crippen LogP contribution is 2.23. The van der Waals surface area contributed by atoms with E-state index < -0.39 is 12.9 Å². The number of ketones is 1. The summed E-state index contributed by atoms with van der Waals surface area (Å²) >= 11 is 6.88. The van der Waals surface area contributed by atoms with Crippen LogP contribution in [0.1, 0.15) is 22.1 Å². The molecule has 0 saturated heterocycles. The van der Waals surface area contributed by atoms with Crippen LogP contribution in [0.25, 0.3) is 33.4 Å². The molecule has 4 aromatic carbocycles. The summed E-state index contributed by atoms with van der Waals surface area (Å²) in [7, 11) is 0. The van der Waals surface area contributed by atoms with Crippen molar-refractivity contribution in [2.45, 2.75) is 0 Å². The van der Waals surface area contributed by atoms with Crippen LogP contribution in [0.5, 0.6) is 0 Å². The molecule has 6 rings (SSSR count). The van der Waals surface area contributed by atoms with Crippen molar-refractivity contribution in [1.29, 1.82) is 0 Å². The second-order valence-corrected chi connectivity index (χ2v) is 10.1. The molecule has 7 nitrogen and oxygen atoms in total. The molecule has 0 atom stereocenters. The summed E-state index contributed by atoms with van der Waals surface area (Å²) in [6.45, 7) is -0.488. The third kappa shape index (κ3) is 5.35. The van der Waals surface area contributed by atoms with Gasteiger partial charge in [0.05, 0.1) is 22.1 Å². The van der Waals surface area contributed by atoms with Gasteiger partial charge in [0.2, 0.25) is 0 Å². The van der Waals surface area contributed by atoms with E-state index in [1.165, 1.54) is 0 Å². The Balaban J connectivity index is 0.000000158. The van der Waals surface area contributed by atoms with Crippen LogP contribution >= 0.6 is 31.9 Å². The number of rotatable bonds is 5. The van der Waals surface area contributed by atoms with Crippen molar-refractivity contribution in [3.63, 3.8) is 0 Å². The van der Waals surface area contributed by atoms with Gasteiger partial charge in [-0.2, -0.15) is 0 Å². The predicted molar refractivity (Wildman–Crippen MR) is 154 cm³/mol. The average Bonchev–Trinajstić information content (AvgIpc) is 3.56. The maximum Gasteiger partial charge on any atom is 0.188 e. The first kappa shape index (κ1) is 24.4. The van der Waals surface area contributed by atoms with Crippen molar-refractivity contribution in [1.82, 2.24) is 19.1 Å². The van der Waals surface area contributed by atoms with Gasteiger partial charge in [-0.15, -0.1) is 0 Å². The molecule has 0 fully saturated rings. The molecule has 0 aliphatic rings. The van der Waals surface area contributed by atoms with Gasteiger partial charge in [-0.3, -0.25) is 18.7 Å². The molecule has 0 unspecified atom stereocenters. The fourth-order valence-corrected chi connectivity index (χ4v) is 4.79. The number of aromatic nitrogens is 4. The van der Waals surface area contributed by atoms with Gasteiger partial charge in [-0.1, -0.05) is 44.0 Å². The van der Waals surface area contributed by atoms with Crippen LogP contribution in [0, 0.1) is 0 Å². The maximum absolute atomic E-state index is 11.5. The van der Waals surface area contributed by atoms with Gasteiger partial charge in [0.15, 0.2) is 5.78 Å². The molecule has 188 valence electrons. The van der Waals surface area contributed by atoms with Gasteiger partial charge in [0.25, 0.3) is 0 Å². The lowest BCUT2D eigenvalue weighted by Gasteiger charge is -2.05. The quantitative estimate of drug-likeness (QED) is 0.172. The molecule has 0 radical (unpaired) electrons. The zero-order valence-corrected chi connectivity index (χ0v) is 22.9. The van der Waals surface area contributed by atoms with Crippen LogP contribution in [0.3, 0.4) is 0 Å². The summed E-state index contributed by atoms with van der Waals surface area (Å²) in [5, 5.41) is 8.89. The Morgan fingerprint density at radius 3 is 1.89 bits per heavy atom. The van der Waals surface area contributed by atoms with Crippen LogP contribution in [-0.2, 0) is 0 Å². The molecule has 2 aromatic heterocycles. The lowest BCUT2D eigenvalue weighted by atomic mass is 10.1. The molecular weight excluding hydrogens is 612 g/mol. The molecule has 0 bridgehead atoms. The van der Waals surface area contributed by atoms with Crippen LogP contribution in [0.2, 0.25) is 0 Å². The number of aldehydes is 1. The first-order chi connectivity index (χ1) is 18.8. The standard InChI is InChI=1S/C15H11BrN2O2.C14H9BrN2O/c16-11-2-1-3-12(7-11)18-9-17-13-6-10(15(20)8-19)4-5-14(13)18;15-11-2-1-3-12(7-11)17-9-16-13-6-10(8-18)4-5-14(13)17/h1-7,9,19H,8H2;1-9H/i;8D. The number of halogens is 2. The van der Waals surface area contributed by atoms with Crippen molar-refractivity contribution in [3.8, 4) is 11.4 Å². The summed E-state index contributed by atoms with van der Waals surface area (Å²) in [6.07, 6.45) is 2.74. The Hall–Kier alpha value is -3.92. The topological polar surface area (TPSA) is 90.0 Å². The van der Waals surface area contributed by atoms with E-state index in [1.807, 2.05) is 69.8 Å². The Morgan fingerprint density at radius 2 is 1.37 bits per heavy atom. The zero-order chi connectivity index (χ0) is 27.5. The highest BCUT2D eigenvalue weighted by Gasteiger charge is 2.10. The normalized spacial score (nSPS) is 11.2. The number of aliphatic hydroxyl groups excluding tert-OH is 1. The van der Waals surface area contributed by atoms with Crippen LogP contribution in [-0.4, -0.2) is 42.9 Å². The second-order valence-electron chi connectivity index (χ2n) is 8.28. The summed E-state index contributed by atoms with van der Waals surface area (Å²) in [4.78, 5) is 31.1. The summed E-state index contributed by atoms with van der Waals surface area (Å²) in [5.41, 5.74) is 6.06. The van der Waals surface area contributed by atoms with Crippen molar-refractivity contribution >= 4 is 66.0 Å². The van der Waals surface area contributed by atoms with E-state index in [0.717, 1.165) is 36.9 Å². The third-order valence-corrected chi connectivity index (χ3v) is 6.84. The number of fused-ring (bicyclic) bond motifs is 2. The number of aliphatic hydroxyl groups is 1. The molecule has 6 aromatic rings. The molecule has 2 heterocycles. The van der Waals surface area contributed by atoms with Gasteiger partial charge in [-0.25, -0.2) is 9.97 Å². The molecule has 9 heteroatoms. The zero-order valence-electron chi connectivity index (χ0n) is 20.8. The minimum Gasteiger partial charge on any atom is -0.388 e. The number of carbonyl (C=O) groups is 2. The van der Waals surface area contributed by atoms with E-state index in [-0.39, 0.29) is 5.78 Å². The Labute approximate surface area is 236 Å². The van der Waals surface area contributed by atoms with Gasteiger partial charge < -0.3 is 5.11 Å². The fraction of sp³-hybridized carbons (Fsp3) is 0.0345. The minimum absolute atomic E-state index is 0.302. The van der Waals surface area contributed by atoms with Crippen molar-refractivity contribution in [2.75, 3.05) is 6.61 Å². The molecule has 0 aliphatic carbocycles. The molecule has 1 N–H and O–H groups in total. The lowest BCUT2D eigenvalue weighted by Crippen LogP contribution is -2.03. The van der Waals surface area contributed by atoms with E-state index in [9.17, 15) is 9.59 Å². The number of hydrogen-bond acceptors (Lipinski definition) is 5. The molecule has 38 heavy (non-hydrogen) atoms. The van der Waals surface area contributed by atoms with E-state index >= 15 is 0 Å². The number of imidazole rings is 2. The fourth-order valence-electron chi connectivity index (χ4n) is 4.02. The minimum atomic E-state index is -0.695. The number of benzene rings is 4. The van der Waals surface area contributed by atoms with Crippen molar-refractivity contribution in [3.05, 3.63) is 118 Å². The van der Waals surface area contributed by atoms with Gasteiger partial charge in [-0.05, 0) is 72.8 Å². The first-order valence-electron chi connectivity index (χ1n) is 11.9. The number of hydrogen-bond donors (Lipinski definition) is 1. The molecule has 0 saturated carbocycles. The first-order valence-corrected chi connectivity index (χ1v) is 13.0. The van der Waals surface area contributed by atoms with Crippen LogP contribution in [0.4, 0.5) is 0 Å². The highest BCUT2D eigenvalue weighted by molar-refractivity contribution is 9.10. The Bertz CT molecular complexity index is 1850. The van der Waals surface area contributed by atoms with E-state index in [0.29, 0.717) is 16.6 Å². The summed E-state index contributed by atoms with van der Waals surface area (Å²) in [5.74, 6) is -0.302. The molecule has 0 spiro atoms. The number of carbonyl (C=O) groups excluding carboxylic acids is 2. The lowest BCUT2D eigenvalue weighted by molar-refractivity contribution is 0.0903. The van der Waals surface area contributed by atoms with Crippen molar-refractivity contribution < 1.29 is 16.1 Å². The third-order valence-electron chi connectivity index (χ3n) is 5.85. The van der Waals surface area contributed by atoms with Gasteiger partial charge >= 0.3 is 0 Å². The van der Waals surface area contributed by atoms with Gasteiger partial charge in [0, 0.05) is 31.4 Å². The van der Waals surface area contributed by atoms with Gasteiger partial charge in [0.1, 0.15) is 26.9 Å². The molecular formula is C29H20Br2N4O3. The highest BCUT2D eigenvalue weighted by atomic mass is 79.9. The number of nitrogens with zero attached hydrogens (tertiary/aromatic N) is 4. The van der Waals surface area contributed by atoms with Crippen LogP contribution in [0.15, 0.2) is 107 Å². The monoisotopic (exact) mass is 631 g/mol. The maximum atomic E-state index is 11.5. The summed E-state index contributed by atoms with van der Waals surface area (Å²) in [6, 6.07) is 26.1. The smallest absolute Gasteiger partial charge is 0.188 e. The SMILES string of the molecule is O=C(CO)c1ccc2c(c1)ncn2-c1cccc(Br)c1.[2H]C(=O)c1ccc2c(c1)ncn2-c1cccc(Br)c1. The van der Waals surface area contributed by atoms with E-state index in [2.05, 4.69) is 41.8 Å². The van der Waals surface area contributed by atoms with Crippen LogP contribution < -0.4 is 0 Å². The Kier molecular flexibility index (Phi) is 7.21. The van der Waals surface area contributed by atoms with Crippen molar-refractivity contribution in [2.24, 2.45) is 0 Å². The number of Topliss-reactive ketones (excluding diaryl/α,β-unsaturated/α-hetero) is 1. The van der Waals surface area contributed by atoms with E-state index in [4.69, 9.17) is 6.48 Å². The predicted octanol–water partition coefficient (Wildman–Crippen LogP) is 6.56. The average molecular weight is 633 g/mol. The molecule has 0 amide bonds. The Morgan fingerprint density at radius 1 is 0.816 bits per heavy atom. The van der Waals surface area contributed by atoms with E-state index in [1.54, 1.807) is 36.9 Å². The molecule has 0 aliphatic heterocycles. The second kappa shape index (κ2) is 11.2.